The van der Waals surface area contributed by atoms with E-state index in [0.717, 1.165) is 5.56 Å². The van der Waals surface area contributed by atoms with Crippen molar-refractivity contribution in [3.63, 3.8) is 0 Å². The summed E-state index contributed by atoms with van der Waals surface area (Å²) in [7, 11) is 0. The van der Waals surface area contributed by atoms with Gasteiger partial charge in [-0.05, 0) is 6.07 Å². The second kappa shape index (κ2) is 3.37. The molecule has 1 atom stereocenters. The number of H-pyrrole nitrogens is 1. The van der Waals surface area contributed by atoms with Gasteiger partial charge in [0.1, 0.15) is 6.10 Å². The summed E-state index contributed by atoms with van der Waals surface area (Å²) in [5, 5.41) is 9.77. The topological polar surface area (TPSA) is 61.8 Å². The SMILES string of the molecule is OC(c1cccnc1)c1cnc[nH]1. The van der Waals surface area contributed by atoms with Gasteiger partial charge in [0.05, 0.1) is 18.2 Å². The van der Waals surface area contributed by atoms with Crippen LogP contribution in [0.1, 0.15) is 17.4 Å². The van der Waals surface area contributed by atoms with Gasteiger partial charge < -0.3 is 10.1 Å². The van der Waals surface area contributed by atoms with Crippen molar-refractivity contribution in [2.75, 3.05) is 0 Å². The molecule has 2 N–H and O–H groups in total. The van der Waals surface area contributed by atoms with Crippen LogP contribution in [0.5, 0.6) is 0 Å². The normalized spacial score (nSPS) is 12.7. The Balaban J connectivity index is 2.29. The molecule has 4 nitrogen and oxygen atoms in total. The van der Waals surface area contributed by atoms with E-state index in [-0.39, 0.29) is 0 Å². The van der Waals surface area contributed by atoms with Gasteiger partial charge in [0.15, 0.2) is 0 Å². The summed E-state index contributed by atoms with van der Waals surface area (Å²) in [6.45, 7) is 0. The molecule has 0 aromatic carbocycles. The predicted molar refractivity (Wildman–Crippen MR) is 46.9 cm³/mol. The number of aromatic amines is 1. The van der Waals surface area contributed by atoms with E-state index in [1.807, 2.05) is 6.07 Å². The fourth-order valence-corrected chi connectivity index (χ4v) is 1.13. The number of imidazole rings is 1. The van der Waals surface area contributed by atoms with E-state index in [4.69, 9.17) is 0 Å². The quantitative estimate of drug-likeness (QED) is 0.712. The van der Waals surface area contributed by atoms with Gasteiger partial charge in [-0.3, -0.25) is 4.98 Å². The Morgan fingerprint density at radius 3 is 2.85 bits per heavy atom. The van der Waals surface area contributed by atoms with Gasteiger partial charge in [-0.1, -0.05) is 6.07 Å². The number of aliphatic hydroxyl groups is 1. The van der Waals surface area contributed by atoms with E-state index in [0.29, 0.717) is 5.69 Å². The standard InChI is InChI=1S/C9H9N3O/c13-9(8-5-11-6-12-8)7-2-1-3-10-4-7/h1-6,9,13H,(H,11,12). The summed E-state index contributed by atoms with van der Waals surface area (Å²) in [6.07, 6.45) is 5.76. The zero-order valence-corrected chi connectivity index (χ0v) is 6.88. The van der Waals surface area contributed by atoms with E-state index in [9.17, 15) is 5.11 Å². The Morgan fingerprint density at radius 1 is 1.31 bits per heavy atom. The number of nitrogens with one attached hydrogen (secondary N) is 1. The Bertz CT molecular complexity index is 358. The minimum atomic E-state index is -0.670. The number of aromatic nitrogens is 3. The lowest BCUT2D eigenvalue weighted by atomic mass is 10.1. The molecular weight excluding hydrogens is 166 g/mol. The maximum absolute atomic E-state index is 9.77. The Labute approximate surface area is 75.3 Å². The molecule has 0 spiro atoms. The lowest BCUT2D eigenvalue weighted by molar-refractivity contribution is 0.215. The van der Waals surface area contributed by atoms with E-state index >= 15 is 0 Å². The first-order chi connectivity index (χ1) is 6.38. The highest BCUT2D eigenvalue weighted by Gasteiger charge is 2.10. The van der Waals surface area contributed by atoms with Gasteiger partial charge >= 0.3 is 0 Å². The number of nitrogens with zero attached hydrogens (tertiary/aromatic N) is 2. The van der Waals surface area contributed by atoms with Gasteiger partial charge in [0.2, 0.25) is 0 Å². The highest BCUT2D eigenvalue weighted by Crippen LogP contribution is 2.17. The van der Waals surface area contributed by atoms with Crippen LogP contribution in [-0.4, -0.2) is 20.1 Å². The second-order valence-corrected chi connectivity index (χ2v) is 2.70. The largest absolute Gasteiger partial charge is 0.382 e. The van der Waals surface area contributed by atoms with Gasteiger partial charge in [-0.25, -0.2) is 4.98 Å². The van der Waals surface area contributed by atoms with E-state index in [1.54, 1.807) is 24.7 Å². The smallest absolute Gasteiger partial charge is 0.122 e. The zero-order valence-electron chi connectivity index (χ0n) is 6.88. The number of pyridine rings is 1. The van der Waals surface area contributed by atoms with Crippen LogP contribution >= 0.6 is 0 Å². The first-order valence-electron chi connectivity index (χ1n) is 3.94. The maximum atomic E-state index is 9.77. The average molecular weight is 175 g/mol. The van der Waals surface area contributed by atoms with Crippen LogP contribution in [0.3, 0.4) is 0 Å². The molecule has 2 heterocycles. The van der Waals surface area contributed by atoms with Crippen LogP contribution < -0.4 is 0 Å². The van der Waals surface area contributed by atoms with Crippen molar-refractivity contribution in [3.8, 4) is 0 Å². The fraction of sp³-hybridized carbons (Fsp3) is 0.111. The van der Waals surface area contributed by atoms with Crippen LogP contribution in [0.4, 0.5) is 0 Å². The fourth-order valence-electron chi connectivity index (χ4n) is 1.13. The molecule has 2 rings (SSSR count). The van der Waals surface area contributed by atoms with Crippen LogP contribution in [-0.2, 0) is 0 Å². The summed E-state index contributed by atoms with van der Waals surface area (Å²) in [5.41, 5.74) is 1.43. The summed E-state index contributed by atoms with van der Waals surface area (Å²) in [6, 6.07) is 3.60. The molecule has 0 radical (unpaired) electrons. The Hall–Kier alpha value is -1.68. The van der Waals surface area contributed by atoms with Gasteiger partial charge in [-0.2, -0.15) is 0 Å². The molecule has 4 heteroatoms. The molecule has 0 aliphatic heterocycles. The number of aliphatic hydroxyl groups excluding tert-OH is 1. The third kappa shape index (κ3) is 1.57. The van der Waals surface area contributed by atoms with Crippen molar-refractivity contribution in [1.82, 2.24) is 15.0 Å². The van der Waals surface area contributed by atoms with E-state index in [2.05, 4.69) is 15.0 Å². The number of hydrogen-bond acceptors (Lipinski definition) is 3. The summed E-state index contributed by atoms with van der Waals surface area (Å²) >= 11 is 0. The maximum Gasteiger partial charge on any atom is 0.122 e. The predicted octanol–water partition coefficient (Wildman–Crippen LogP) is 0.886. The molecule has 0 fully saturated rings. The molecule has 1 unspecified atom stereocenters. The summed E-state index contributed by atoms with van der Waals surface area (Å²) < 4.78 is 0. The molecule has 0 saturated carbocycles. The van der Waals surface area contributed by atoms with Gasteiger partial charge in [-0.15, -0.1) is 0 Å². The molecule has 2 aromatic heterocycles. The van der Waals surface area contributed by atoms with Crippen LogP contribution in [0.2, 0.25) is 0 Å². The molecule has 0 amide bonds. The lowest BCUT2D eigenvalue weighted by Crippen LogP contribution is -1.99. The van der Waals surface area contributed by atoms with Crippen LogP contribution in [0.15, 0.2) is 37.1 Å². The highest BCUT2D eigenvalue weighted by atomic mass is 16.3. The van der Waals surface area contributed by atoms with E-state index in [1.165, 1.54) is 6.33 Å². The summed E-state index contributed by atoms with van der Waals surface area (Å²) in [5.74, 6) is 0. The lowest BCUT2D eigenvalue weighted by Gasteiger charge is -2.06. The molecule has 0 saturated heterocycles. The van der Waals surface area contributed by atoms with Crippen molar-refractivity contribution >= 4 is 0 Å². The third-order valence-electron chi connectivity index (χ3n) is 1.81. The van der Waals surface area contributed by atoms with Crippen molar-refractivity contribution in [2.45, 2.75) is 6.10 Å². The number of hydrogen-bond donors (Lipinski definition) is 2. The van der Waals surface area contributed by atoms with Crippen LogP contribution in [0, 0.1) is 0 Å². The van der Waals surface area contributed by atoms with Crippen molar-refractivity contribution in [2.24, 2.45) is 0 Å². The Kier molecular flexibility index (Phi) is 2.06. The molecule has 13 heavy (non-hydrogen) atoms. The second-order valence-electron chi connectivity index (χ2n) is 2.70. The highest BCUT2D eigenvalue weighted by molar-refractivity contribution is 5.20. The zero-order chi connectivity index (χ0) is 9.10. The minimum Gasteiger partial charge on any atom is -0.382 e. The van der Waals surface area contributed by atoms with Crippen molar-refractivity contribution in [3.05, 3.63) is 48.3 Å². The first kappa shape index (κ1) is 7.94. The molecular formula is C9H9N3O. The minimum absolute atomic E-state index is 0.670. The Morgan fingerprint density at radius 2 is 2.23 bits per heavy atom. The van der Waals surface area contributed by atoms with Crippen molar-refractivity contribution < 1.29 is 5.11 Å². The van der Waals surface area contributed by atoms with Crippen molar-refractivity contribution in [1.29, 1.82) is 0 Å². The monoisotopic (exact) mass is 175 g/mol. The molecule has 66 valence electrons. The molecule has 0 bridgehead atoms. The number of rotatable bonds is 2. The molecule has 0 aliphatic rings. The van der Waals surface area contributed by atoms with Gasteiger partial charge in [0, 0.05) is 18.0 Å². The molecule has 0 aliphatic carbocycles. The van der Waals surface area contributed by atoms with Gasteiger partial charge in [0.25, 0.3) is 0 Å². The third-order valence-corrected chi connectivity index (χ3v) is 1.81. The van der Waals surface area contributed by atoms with Crippen LogP contribution in [0.25, 0.3) is 0 Å². The summed E-state index contributed by atoms with van der Waals surface area (Å²) in [4.78, 5) is 10.6. The first-order valence-corrected chi connectivity index (χ1v) is 3.94. The molecule has 2 aromatic rings. The van der Waals surface area contributed by atoms with E-state index < -0.39 is 6.10 Å². The average Bonchev–Trinajstić information content (AvgIpc) is 2.71.